The first kappa shape index (κ1) is 26.5. The van der Waals surface area contributed by atoms with Crippen LogP contribution in [0.3, 0.4) is 0 Å². The standard InChI is InChI=1S/C31H23Cl3N2O5/c1-35-28(40)30(33)14-22-20(10-11-21-24(22)27(39)36(26(21)38)16-8-6-15(32)7-9-16)25(31(30,34)29(35)41)19-12-13-23(37)18-5-3-2-4-17(18)19/h2-10,12-13,21-22,24-25,37H,11,14H2,1H3. The number of benzene rings is 3. The summed E-state index contributed by atoms with van der Waals surface area (Å²) in [7, 11) is 1.36. The van der Waals surface area contributed by atoms with Crippen LogP contribution in [0.15, 0.2) is 72.3 Å². The van der Waals surface area contributed by atoms with Crippen LogP contribution in [-0.2, 0) is 19.2 Å². The van der Waals surface area contributed by atoms with Gasteiger partial charge in [0.2, 0.25) is 11.8 Å². The number of hydrogen-bond donors (Lipinski definition) is 1. The van der Waals surface area contributed by atoms with Gasteiger partial charge < -0.3 is 5.11 Å². The number of alkyl halides is 2. The molecule has 7 rings (SSSR count). The minimum absolute atomic E-state index is 0.0521. The second-order valence-electron chi connectivity index (χ2n) is 11.2. The van der Waals surface area contributed by atoms with E-state index in [-0.39, 0.29) is 30.4 Å². The molecule has 4 amide bonds. The number of anilines is 1. The SMILES string of the molecule is CN1C(=O)C2(Cl)CC3C(=CCC4C(=O)N(c5ccc(Cl)cc5)C(=O)C43)C(c3ccc(O)c4ccccc34)C2(Cl)C1=O. The molecule has 10 heteroatoms. The first-order chi connectivity index (χ1) is 19.5. The van der Waals surface area contributed by atoms with Crippen LogP contribution in [-0.4, -0.2) is 50.4 Å². The number of hydrogen-bond acceptors (Lipinski definition) is 5. The number of likely N-dealkylation sites (tertiary alicyclic amines) is 1. The molecule has 1 saturated carbocycles. The number of allylic oxidation sites excluding steroid dienone is 2. The highest BCUT2D eigenvalue weighted by Crippen LogP contribution is 2.66. The van der Waals surface area contributed by atoms with E-state index < -0.39 is 45.2 Å². The monoisotopic (exact) mass is 608 g/mol. The number of aromatic hydroxyl groups is 1. The van der Waals surface area contributed by atoms with Crippen molar-refractivity contribution in [2.45, 2.75) is 28.5 Å². The molecule has 6 unspecified atom stereocenters. The van der Waals surface area contributed by atoms with Crippen LogP contribution in [0.25, 0.3) is 10.8 Å². The average Bonchev–Trinajstić information content (AvgIpc) is 3.29. The molecule has 0 bridgehead atoms. The van der Waals surface area contributed by atoms with Gasteiger partial charge in [-0.3, -0.25) is 29.0 Å². The number of carbonyl (C=O) groups is 4. The van der Waals surface area contributed by atoms with Crippen molar-refractivity contribution in [1.29, 1.82) is 0 Å². The summed E-state index contributed by atoms with van der Waals surface area (Å²) in [5.41, 5.74) is 1.72. The lowest BCUT2D eigenvalue weighted by Crippen LogP contribution is -2.60. The highest BCUT2D eigenvalue weighted by Gasteiger charge is 2.76. The number of rotatable bonds is 2. The molecule has 1 N–H and O–H groups in total. The molecule has 3 aromatic rings. The zero-order valence-electron chi connectivity index (χ0n) is 21.7. The summed E-state index contributed by atoms with van der Waals surface area (Å²) in [4.78, 5) is 53.6. The van der Waals surface area contributed by atoms with Crippen molar-refractivity contribution in [1.82, 2.24) is 4.90 Å². The minimum Gasteiger partial charge on any atom is -0.507 e. The Hall–Kier alpha value is -3.39. The molecule has 0 spiro atoms. The van der Waals surface area contributed by atoms with Crippen molar-refractivity contribution in [2.24, 2.45) is 17.8 Å². The lowest BCUT2D eigenvalue weighted by Gasteiger charge is -2.51. The van der Waals surface area contributed by atoms with Crippen molar-refractivity contribution in [3.8, 4) is 5.75 Å². The molecule has 7 nitrogen and oxygen atoms in total. The summed E-state index contributed by atoms with van der Waals surface area (Å²) in [5, 5.41) is 12.3. The van der Waals surface area contributed by atoms with Crippen molar-refractivity contribution >= 4 is 74.9 Å². The summed E-state index contributed by atoms with van der Waals surface area (Å²) in [6, 6.07) is 16.9. The van der Waals surface area contributed by atoms with Crippen molar-refractivity contribution in [3.05, 3.63) is 82.9 Å². The molecule has 0 radical (unpaired) electrons. The summed E-state index contributed by atoms with van der Waals surface area (Å²) < 4.78 is 0. The minimum atomic E-state index is -1.89. The Morgan fingerprint density at radius 2 is 1.54 bits per heavy atom. The van der Waals surface area contributed by atoms with E-state index in [0.717, 1.165) is 4.90 Å². The number of phenols is 1. The summed E-state index contributed by atoms with van der Waals surface area (Å²) in [5.74, 6) is -4.92. The summed E-state index contributed by atoms with van der Waals surface area (Å²) >= 11 is 20.6. The Balaban J connectivity index is 1.44. The van der Waals surface area contributed by atoms with Gasteiger partial charge in [0, 0.05) is 23.4 Å². The zero-order valence-corrected chi connectivity index (χ0v) is 24.0. The molecule has 0 aromatic heterocycles. The van der Waals surface area contributed by atoms with Gasteiger partial charge in [-0.15, -0.1) is 23.2 Å². The van der Waals surface area contributed by atoms with Crippen LogP contribution >= 0.6 is 34.8 Å². The summed E-state index contributed by atoms with van der Waals surface area (Å²) in [6.45, 7) is 0. The van der Waals surface area contributed by atoms with Crippen LogP contribution < -0.4 is 4.90 Å². The van der Waals surface area contributed by atoms with E-state index in [1.165, 1.54) is 18.0 Å². The predicted molar refractivity (Wildman–Crippen MR) is 155 cm³/mol. The van der Waals surface area contributed by atoms with Crippen molar-refractivity contribution in [3.63, 3.8) is 0 Å². The molecule has 208 valence electrons. The highest BCUT2D eigenvalue weighted by atomic mass is 35.5. The highest BCUT2D eigenvalue weighted by molar-refractivity contribution is 6.53. The maximum Gasteiger partial charge on any atom is 0.253 e. The molecule has 2 heterocycles. The predicted octanol–water partition coefficient (Wildman–Crippen LogP) is 5.39. The van der Waals surface area contributed by atoms with Gasteiger partial charge in [0.25, 0.3) is 11.8 Å². The molecule has 2 aliphatic carbocycles. The van der Waals surface area contributed by atoms with E-state index >= 15 is 0 Å². The van der Waals surface area contributed by atoms with Gasteiger partial charge in [-0.05, 0) is 60.0 Å². The third kappa shape index (κ3) is 3.28. The Morgan fingerprint density at radius 3 is 2.24 bits per heavy atom. The Labute approximate surface area is 250 Å². The van der Waals surface area contributed by atoms with E-state index in [9.17, 15) is 24.3 Å². The molecular formula is C31H23Cl3N2O5. The third-order valence-corrected chi connectivity index (χ3v) is 11.0. The fourth-order valence-electron chi connectivity index (χ4n) is 7.49. The topological polar surface area (TPSA) is 95.0 Å². The molecule has 4 aliphatic rings. The zero-order chi connectivity index (χ0) is 29.0. The number of fused-ring (bicyclic) bond motifs is 5. The van der Waals surface area contributed by atoms with Crippen LogP contribution in [0.5, 0.6) is 5.75 Å². The van der Waals surface area contributed by atoms with Gasteiger partial charge in [-0.1, -0.05) is 53.6 Å². The molecule has 3 aromatic carbocycles. The van der Waals surface area contributed by atoms with E-state index in [1.54, 1.807) is 42.5 Å². The number of imide groups is 2. The van der Waals surface area contributed by atoms with E-state index in [1.807, 2.05) is 18.2 Å². The molecule has 6 atom stereocenters. The van der Waals surface area contributed by atoms with Gasteiger partial charge in [0.05, 0.1) is 17.5 Å². The molecular weight excluding hydrogens is 587 g/mol. The van der Waals surface area contributed by atoms with Gasteiger partial charge >= 0.3 is 0 Å². The van der Waals surface area contributed by atoms with Crippen LogP contribution in [0.1, 0.15) is 24.3 Å². The van der Waals surface area contributed by atoms with Crippen LogP contribution in [0, 0.1) is 17.8 Å². The van der Waals surface area contributed by atoms with Crippen LogP contribution in [0.4, 0.5) is 5.69 Å². The van der Waals surface area contributed by atoms with E-state index in [4.69, 9.17) is 34.8 Å². The van der Waals surface area contributed by atoms with Crippen molar-refractivity contribution < 1.29 is 24.3 Å². The molecule has 3 fully saturated rings. The maximum atomic E-state index is 14.1. The number of phenolic OH excluding ortho intramolecular Hbond substituents is 1. The Morgan fingerprint density at radius 1 is 0.854 bits per heavy atom. The lowest BCUT2D eigenvalue weighted by molar-refractivity contribution is -0.138. The first-order valence-electron chi connectivity index (χ1n) is 13.2. The third-order valence-electron chi connectivity index (χ3n) is 9.34. The molecule has 2 aliphatic heterocycles. The number of halogens is 3. The second kappa shape index (κ2) is 8.81. The first-order valence-corrected chi connectivity index (χ1v) is 14.4. The fourth-order valence-corrected chi connectivity index (χ4v) is 8.63. The summed E-state index contributed by atoms with van der Waals surface area (Å²) in [6.07, 6.45) is 2.07. The van der Waals surface area contributed by atoms with E-state index in [2.05, 4.69) is 0 Å². The smallest absolute Gasteiger partial charge is 0.253 e. The lowest BCUT2D eigenvalue weighted by atomic mass is 9.56. The van der Waals surface area contributed by atoms with Crippen LogP contribution in [0.2, 0.25) is 5.02 Å². The van der Waals surface area contributed by atoms with Gasteiger partial charge in [-0.25, -0.2) is 0 Å². The van der Waals surface area contributed by atoms with Gasteiger partial charge in [0.1, 0.15) is 5.75 Å². The Bertz CT molecular complexity index is 1740. The largest absolute Gasteiger partial charge is 0.507 e. The molecule has 2 saturated heterocycles. The second-order valence-corrected chi connectivity index (χ2v) is 12.9. The number of amides is 4. The fraction of sp³-hybridized carbons (Fsp3) is 0.290. The average molecular weight is 610 g/mol. The number of carbonyl (C=O) groups excluding carboxylic acids is 4. The maximum absolute atomic E-state index is 14.1. The quantitative estimate of drug-likeness (QED) is 0.239. The molecule has 41 heavy (non-hydrogen) atoms. The Kier molecular flexibility index (Phi) is 5.69. The van der Waals surface area contributed by atoms with Gasteiger partial charge in [-0.2, -0.15) is 0 Å². The van der Waals surface area contributed by atoms with Crippen molar-refractivity contribution in [2.75, 3.05) is 11.9 Å². The van der Waals surface area contributed by atoms with Gasteiger partial charge in [0.15, 0.2) is 9.75 Å². The van der Waals surface area contributed by atoms with E-state index in [0.29, 0.717) is 32.6 Å². The normalized spacial score (nSPS) is 32.7. The number of nitrogens with zero attached hydrogens (tertiary/aromatic N) is 2.